The molecule has 0 fully saturated rings. The lowest BCUT2D eigenvalue weighted by Gasteiger charge is -2.23. The molecule has 1 aromatic rings. The zero-order chi connectivity index (χ0) is 11.7. The predicted octanol–water partition coefficient (Wildman–Crippen LogP) is 0.899. The molecule has 84 valence electrons. The second-order valence-electron chi connectivity index (χ2n) is 3.42. The molecule has 0 saturated heterocycles. The Kier molecular flexibility index (Phi) is 2.52. The average molecular weight is 222 g/mol. The summed E-state index contributed by atoms with van der Waals surface area (Å²) < 4.78 is 10.0. The molecule has 16 heavy (non-hydrogen) atoms. The van der Waals surface area contributed by atoms with Crippen LogP contribution in [0.1, 0.15) is 17.3 Å². The normalized spacial score (nSPS) is 18.6. The van der Waals surface area contributed by atoms with E-state index in [0.717, 1.165) is 0 Å². The topological polar surface area (TPSA) is 72.8 Å². The highest BCUT2D eigenvalue weighted by molar-refractivity contribution is 6.05. The number of carbonyl (C=O) groups excluding carboxylic acids is 2. The number of phenols is 1. The van der Waals surface area contributed by atoms with Crippen LogP contribution in [0, 0.1) is 0 Å². The lowest BCUT2D eigenvalue weighted by Crippen LogP contribution is -2.36. The van der Waals surface area contributed by atoms with Gasteiger partial charge in [-0.05, 0) is 12.1 Å². The van der Waals surface area contributed by atoms with Gasteiger partial charge in [0.25, 0.3) is 0 Å². The van der Waals surface area contributed by atoms with Gasteiger partial charge >= 0.3 is 5.97 Å². The molecule has 0 aromatic heterocycles. The van der Waals surface area contributed by atoms with Crippen LogP contribution in [-0.4, -0.2) is 29.6 Å². The minimum Gasteiger partial charge on any atom is -0.507 e. The van der Waals surface area contributed by atoms with Crippen LogP contribution in [0.25, 0.3) is 0 Å². The van der Waals surface area contributed by atoms with Gasteiger partial charge in [-0.25, -0.2) is 0 Å². The van der Waals surface area contributed by atoms with Crippen molar-refractivity contribution in [3.63, 3.8) is 0 Å². The van der Waals surface area contributed by atoms with E-state index in [0.29, 0.717) is 5.75 Å². The second-order valence-corrected chi connectivity index (χ2v) is 3.42. The second kappa shape index (κ2) is 3.84. The Morgan fingerprint density at radius 2 is 2.31 bits per heavy atom. The van der Waals surface area contributed by atoms with Gasteiger partial charge in [-0.2, -0.15) is 0 Å². The molecule has 1 aliphatic heterocycles. The summed E-state index contributed by atoms with van der Waals surface area (Å²) in [5, 5.41) is 9.54. The molecule has 5 heteroatoms. The largest absolute Gasteiger partial charge is 0.507 e. The predicted molar refractivity (Wildman–Crippen MR) is 53.5 cm³/mol. The molecule has 1 atom stereocenters. The first-order valence-electron chi connectivity index (χ1n) is 4.76. The molecule has 0 amide bonds. The number of ether oxygens (including phenoxy) is 2. The van der Waals surface area contributed by atoms with Gasteiger partial charge in [0.1, 0.15) is 23.7 Å². The van der Waals surface area contributed by atoms with E-state index in [-0.39, 0.29) is 17.9 Å². The van der Waals surface area contributed by atoms with Gasteiger partial charge in [-0.1, -0.05) is 6.07 Å². The van der Waals surface area contributed by atoms with Gasteiger partial charge in [0.15, 0.2) is 6.10 Å². The molecule has 0 spiro atoms. The van der Waals surface area contributed by atoms with Crippen molar-refractivity contribution in [1.29, 1.82) is 0 Å². The van der Waals surface area contributed by atoms with Crippen molar-refractivity contribution < 1.29 is 24.2 Å². The van der Waals surface area contributed by atoms with Gasteiger partial charge in [-0.15, -0.1) is 0 Å². The molecule has 1 aliphatic rings. The van der Waals surface area contributed by atoms with E-state index in [1.807, 2.05) is 0 Å². The number of phenolic OH excluding ortho intramolecular Hbond substituents is 1. The van der Waals surface area contributed by atoms with Crippen LogP contribution < -0.4 is 4.74 Å². The number of hydrogen-bond acceptors (Lipinski definition) is 5. The van der Waals surface area contributed by atoms with Crippen LogP contribution in [-0.2, 0) is 9.53 Å². The lowest BCUT2D eigenvalue weighted by molar-refractivity contribution is -0.145. The number of esters is 1. The molecule has 1 unspecified atom stereocenters. The maximum atomic E-state index is 11.9. The van der Waals surface area contributed by atoms with Crippen LogP contribution >= 0.6 is 0 Å². The standard InChI is InChI=1S/C11H10O5/c1-6(12)16-9-5-15-8-4-2-3-7(13)10(8)11(9)14/h2-4,9,13H,5H2,1H3. The number of ketones is 1. The van der Waals surface area contributed by atoms with Gasteiger partial charge in [0.2, 0.25) is 5.78 Å². The third-order valence-electron chi connectivity index (χ3n) is 2.24. The van der Waals surface area contributed by atoms with Crippen LogP contribution in [0.5, 0.6) is 11.5 Å². The van der Waals surface area contributed by atoms with E-state index in [1.165, 1.54) is 13.0 Å². The van der Waals surface area contributed by atoms with Crippen LogP contribution in [0.4, 0.5) is 0 Å². The van der Waals surface area contributed by atoms with Gasteiger partial charge in [0.05, 0.1) is 0 Å². The maximum absolute atomic E-state index is 11.9. The van der Waals surface area contributed by atoms with Crippen molar-refractivity contribution in [2.75, 3.05) is 6.61 Å². The van der Waals surface area contributed by atoms with Crippen molar-refractivity contribution in [1.82, 2.24) is 0 Å². The number of carbonyl (C=O) groups is 2. The number of aromatic hydroxyl groups is 1. The molecule has 1 heterocycles. The third kappa shape index (κ3) is 1.71. The van der Waals surface area contributed by atoms with E-state index in [4.69, 9.17) is 9.47 Å². The number of hydrogen-bond donors (Lipinski definition) is 1. The first-order chi connectivity index (χ1) is 7.59. The Hall–Kier alpha value is -2.04. The highest BCUT2D eigenvalue weighted by atomic mass is 16.6. The summed E-state index contributed by atoms with van der Waals surface area (Å²) in [6.45, 7) is 1.20. The SMILES string of the molecule is CC(=O)OC1COc2cccc(O)c2C1=O. The zero-order valence-electron chi connectivity index (χ0n) is 8.60. The fourth-order valence-electron chi connectivity index (χ4n) is 1.58. The molecule has 0 saturated carbocycles. The summed E-state index contributed by atoms with van der Waals surface area (Å²) in [7, 11) is 0. The van der Waals surface area contributed by atoms with Gasteiger partial charge in [0, 0.05) is 6.92 Å². The third-order valence-corrected chi connectivity index (χ3v) is 2.24. The molecule has 5 nitrogen and oxygen atoms in total. The molecule has 0 radical (unpaired) electrons. The van der Waals surface area contributed by atoms with E-state index >= 15 is 0 Å². The quantitative estimate of drug-likeness (QED) is 0.714. The van der Waals surface area contributed by atoms with E-state index < -0.39 is 17.9 Å². The molecular weight excluding hydrogens is 212 g/mol. The van der Waals surface area contributed by atoms with Crippen LogP contribution in [0.15, 0.2) is 18.2 Å². The monoisotopic (exact) mass is 222 g/mol. The van der Waals surface area contributed by atoms with Crippen LogP contribution in [0.2, 0.25) is 0 Å². The summed E-state index contributed by atoms with van der Waals surface area (Å²) in [6.07, 6.45) is -0.974. The van der Waals surface area contributed by atoms with Crippen molar-refractivity contribution in [3.8, 4) is 11.5 Å². The van der Waals surface area contributed by atoms with E-state index in [1.54, 1.807) is 12.1 Å². The van der Waals surface area contributed by atoms with Gasteiger partial charge < -0.3 is 14.6 Å². The number of benzene rings is 1. The number of Topliss-reactive ketones (excluding diaryl/α,β-unsaturated/α-hetero) is 1. The number of fused-ring (bicyclic) bond motifs is 1. The fraction of sp³-hybridized carbons (Fsp3) is 0.273. The highest BCUT2D eigenvalue weighted by Crippen LogP contribution is 2.32. The zero-order valence-corrected chi connectivity index (χ0v) is 8.60. The fourth-order valence-corrected chi connectivity index (χ4v) is 1.58. The first kappa shape index (κ1) is 10.5. The Morgan fingerprint density at radius 3 is 3.00 bits per heavy atom. The van der Waals surface area contributed by atoms with Crippen molar-refractivity contribution in [3.05, 3.63) is 23.8 Å². The smallest absolute Gasteiger partial charge is 0.303 e. The lowest BCUT2D eigenvalue weighted by atomic mass is 10.0. The van der Waals surface area contributed by atoms with E-state index in [2.05, 4.69) is 0 Å². The molecule has 0 aliphatic carbocycles. The Morgan fingerprint density at radius 1 is 1.56 bits per heavy atom. The minimum atomic E-state index is -0.974. The summed E-state index contributed by atoms with van der Waals surface area (Å²) in [4.78, 5) is 22.6. The molecule has 1 aromatic carbocycles. The Bertz CT molecular complexity index is 452. The molecule has 1 N–H and O–H groups in total. The van der Waals surface area contributed by atoms with Gasteiger partial charge in [-0.3, -0.25) is 9.59 Å². The minimum absolute atomic E-state index is 0.0190. The summed E-state index contributed by atoms with van der Waals surface area (Å²) >= 11 is 0. The van der Waals surface area contributed by atoms with Crippen molar-refractivity contribution in [2.24, 2.45) is 0 Å². The first-order valence-corrected chi connectivity index (χ1v) is 4.76. The summed E-state index contributed by atoms with van der Waals surface area (Å²) in [5.74, 6) is -0.844. The highest BCUT2D eigenvalue weighted by Gasteiger charge is 2.33. The Labute approximate surface area is 91.6 Å². The molecule has 2 rings (SSSR count). The Balaban J connectivity index is 2.34. The summed E-state index contributed by atoms with van der Waals surface area (Å²) in [6, 6.07) is 4.54. The van der Waals surface area contributed by atoms with Crippen LogP contribution in [0.3, 0.4) is 0 Å². The molecule has 0 bridgehead atoms. The summed E-state index contributed by atoms with van der Waals surface area (Å²) in [5.41, 5.74) is 0.0694. The van der Waals surface area contributed by atoms with Crippen molar-refractivity contribution in [2.45, 2.75) is 13.0 Å². The number of rotatable bonds is 1. The molecular formula is C11H10O5. The average Bonchev–Trinajstić information content (AvgIpc) is 2.22. The van der Waals surface area contributed by atoms with E-state index in [9.17, 15) is 14.7 Å². The maximum Gasteiger partial charge on any atom is 0.303 e. The van der Waals surface area contributed by atoms with Crippen molar-refractivity contribution >= 4 is 11.8 Å².